The molecular weight excluding hydrogens is 312 g/mol. The number of carbonyl (C=O) groups is 1. The predicted octanol–water partition coefficient (Wildman–Crippen LogP) is 2.51. The van der Waals surface area contributed by atoms with E-state index < -0.39 is 0 Å². The highest BCUT2D eigenvalue weighted by Crippen LogP contribution is 2.28. The van der Waals surface area contributed by atoms with Crippen LogP contribution in [0.1, 0.15) is 34.9 Å². The summed E-state index contributed by atoms with van der Waals surface area (Å²) in [6.45, 7) is 1.40. The molecule has 1 aliphatic rings. The second-order valence-electron chi connectivity index (χ2n) is 5.74. The number of H-pyrrole nitrogens is 1. The fourth-order valence-electron chi connectivity index (χ4n) is 3.09. The molecule has 122 valence electrons. The summed E-state index contributed by atoms with van der Waals surface area (Å²) < 4.78 is 7.80. The number of hydrogen-bond donors (Lipinski definition) is 1. The molecule has 0 aliphatic carbocycles. The quantitative estimate of drug-likeness (QED) is 0.877. The van der Waals surface area contributed by atoms with Crippen molar-refractivity contribution >= 4 is 18.1 Å². The van der Waals surface area contributed by atoms with Crippen molar-refractivity contribution in [1.29, 1.82) is 0 Å². The van der Waals surface area contributed by atoms with Gasteiger partial charge in [0.15, 0.2) is 4.77 Å². The van der Waals surface area contributed by atoms with Crippen molar-refractivity contribution in [2.75, 3.05) is 20.2 Å². The summed E-state index contributed by atoms with van der Waals surface area (Å²) in [5.74, 6) is 1.72. The third-order valence-electron chi connectivity index (χ3n) is 4.33. The van der Waals surface area contributed by atoms with Crippen LogP contribution in [0.25, 0.3) is 0 Å². The van der Waals surface area contributed by atoms with Gasteiger partial charge in [-0.3, -0.25) is 9.89 Å². The average Bonchev–Trinajstić information content (AvgIpc) is 2.93. The number of nitrogens with one attached hydrogen (secondary N) is 1. The second-order valence-corrected chi connectivity index (χ2v) is 6.12. The van der Waals surface area contributed by atoms with E-state index in [1.807, 2.05) is 34.7 Å². The number of methoxy groups -OCH3 is 1. The van der Waals surface area contributed by atoms with E-state index in [2.05, 4.69) is 10.2 Å². The number of piperidine rings is 1. The Morgan fingerprint density at radius 2 is 2.22 bits per heavy atom. The van der Waals surface area contributed by atoms with E-state index in [4.69, 9.17) is 17.0 Å². The number of nitrogens with zero attached hydrogens (tertiary/aromatic N) is 3. The summed E-state index contributed by atoms with van der Waals surface area (Å²) in [6.07, 6.45) is 1.95. The maximum Gasteiger partial charge on any atom is 0.257 e. The van der Waals surface area contributed by atoms with Crippen molar-refractivity contribution in [3.8, 4) is 5.75 Å². The van der Waals surface area contributed by atoms with Crippen LogP contribution in [-0.4, -0.2) is 45.8 Å². The molecule has 1 aromatic carbocycles. The van der Waals surface area contributed by atoms with Crippen molar-refractivity contribution in [2.45, 2.75) is 18.8 Å². The first-order valence-electron chi connectivity index (χ1n) is 7.65. The summed E-state index contributed by atoms with van der Waals surface area (Å²) in [6, 6.07) is 7.34. The number of para-hydroxylation sites is 1. The van der Waals surface area contributed by atoms with Gasteiger partial charge in [-0.15, -0.1) is 0 Å². The topological polar surface area (TPSA) is 63.1 Å². The van der Waals surface area contributed by atoms with Gasteiger partial charge in [0.1, 0.15) is 11.6 Å². The van der Waals surface area contributed by atoms with Gasteiger partial charge in [-0.05, 0) is 37.2 Å². The Bertz CT molecular complexity index is 767. The van der Waals surface area contributed by atoms with Crippen LogP contribution in [0.2, 0.25) is 0 Å². The Balaban J connectivity index is 1.82. The molecule has 3 rings (SSSR count). The lowest BCUT2D eigenvalue weighted by Crippen LogP contribution is -2.39. The van der Waals surface area contributed by atoms with Crippen LogP contribution in [0.5, 0.6) is 5.75 Å². The molecule has 0 bridgehead atoms. The number of benzene rings is 1. The van der Waals surface area contributed by atoms with Gasteiger partial charge < -0.3 is 14.2 Å². The van der Waals surface area contributed by atoms with Crippen molar-refractivity contribution in [1.82, 2.24) is 19.7 Å². The molecule has 1 N–H and O–H groups in total. The second kappa shape index (κ2) is 6.54. The van der Waals surface area contributed by atoms with Gasteiger partial charge in [0.05, 0.1) is 12.7 Å². The van der Waals surface area contributed by atoms with Crippen LogP contribution in [0.15, 0.2) is 24.3 Å². The zero-order valence-electron chi connectivity index (χ0n) is 13.3. The SMILES string of the molecule is COc1ccccc1C(=O)N1CCC[C@@H](c2n[nH]c(=S)n2C)C1. The molecule has 6 nitrogen and oxygen atoms in total. The smallest absolute Gasteiger partial charge is 0.257 e. The molecule has 1 aromatic heterocycles. The number of aromatic nitrogens is 3. The summed E-state index contributed by atoms with van der Waals surface area (Å²) in [4.78, 5) is 14.7. The molecule has 1 fully saturated rings. The Morgan fingerprint density at radius 1 is 1.43 bits per heavy atom. The predicted molar refractivity (Wildman–Crippen MR) is 89.3 cm³/mol. The summed E-state index contributed by atoms with van der Waals surface area (Å²) in [7, 11) is 3.49. The van der Waals surface area contributed by atoms with Crippen molar-refractivity contribution in [3.63, 3.8) is 0 Å². The maximum absolute atomic E-state index is 12.8. The number of ether oxygens (including phenoxy) is 1. The normalized spacial score (nSPS) is 18.0. The fourth-order valence-corrected chi connectivity index (χ4v) is 3.23. The van der Waals surface area contributed by atoms with Crippen LogP contribution in [-0.2, 0) is 7.05 Å². The number of aromatic amines is 1. The summed E-state index contributed by atoms with van der Waals surface area (Å²) >= 11 is 5.18. The molecule has 1 aliphatic heterocycles. The highest BCUT2D eigenvalue weighted by Gasteiger charge is 2.29. The Morgan fingerprint density at radius 3 is 2.91 bits per heavy atom. The van der Waals surface area contributed by atoms with Gasteiger partial charge in [0, 0.05) is 26.1 Å². The van der Waals surface area contributed by atoms with Crippen molar-refractivity contribution < 1.29 is 9.53 Å². The van der Waals surface area contributed by atoms with E-state index >= 15 is 0 Å². The van der Waals surface area contributed by atoms with Crippen LogP contribution < -0.4 is 4.74 Å². The maximum atomic E-state index is 12.8. The standard InChI is InChI=1S/C16H20N4O2S/c1-19-14(17-18-16(19)23)11-6-5-9-20(10-11)15(21)12-7-3-4-8-13(12)22-2/h3-4,7-8,11H,5-6,9-10H2,1-2H3,(H,18,23)/t11-/m1/s1. The van der Waals surface area contributed by atoms with Crippen LogP contribution >= 0.6 is 12.2 Å². The lowest BCUT2D eigenvalue weighted by Gasteiger charge is -2.32. The van der Waals surface area contributed by atoms with E-state index in [1.165, 1.54) is 0 Å². The molecule has 1 saturated heterocycles. The molecule has 7 heteroatoms. The van der Waals surface area contributed by atoms with Crippen LogP contribution in [0, 0.1) is 4.77 Å². The molecule has 0 radical (unpaired) electrons. The van der Waals surface area contributed by atoms with Gasteiger partial charge in [-0.25, -0.2) is 0 Å². The highest BCUT2D eigenvalue weighted by molar-refractivity contribution is 7.71. The average molecular weight is 332 g/mol. The largest absolute Gasteiger partial charge is 0.496 e. The van der Waals surface area contributed by atoms with Gasteiger partial charge in [0.2, 0.25) is 0 Å². The molecule has 0 unspecified atom stereocenters. The van der Waals surface area contributed by atoms with E-state index in [0.29, 0.717) is 22.6 Å². The van der Waals surface area contributed by atoms with Gasteiger partial charge in [-0.2, -0.15) is 5.10 Å². The zero-order valence-corrected chi connectivity index (χ0v) is 14.1. The van der Waals surface area contributed by atoms with Gasteiger partial charge in [-0.1, -0.05) is 12.1 Å². The molecule has 0 saturated carbocycles. The molecule has 1 amide bonds. The number of hydrogen-bond acceptors (Lipinski definition) is 4. The number of amides is 1. The fraction of sp³-hybridized carbons (Fsp3) is 0.438. The Hall–Kier alpha value is -2.15. The molecule has 1 atom stereocenters. The number of likely N-dealkylation sites (tertiary alicyclic amines) is 1. The Kier molecular flexibility index (Phi) is 4.47. The van der Waals surface area contributed by atoms with Crippen molar-refractivity contribution in [2.24, 2.45) is 7.05 Å². The highest BCUT2D eigenvalue weighted by atomic mass is 32.1. The lowest BCUT2D eigenvalue weighted by atomic mass is 9.96. The lowest BCUT2D eigenvalue weighted by molar-refractivity contribution is 0.0700. The number of rotatable bonds is 3. The first-order chi connectivity index (χ1) is 11.1. The summed E-state index contributed by atoms with van der Waals surface area (Å²) in [5.41, 5.74) is 0.603. The monoisotopic (exact) mass is 332 g/mol. The summed E-state index contributed by atoms with van der Waals surface area (Å²) in [5, 5.41) is 7.14. The first kappa shape index (κ1) is 15.7. The van der Waals surface area contributed by atoms with E-state index in [-0.39, 0.29) is 11.8 Å². The Labute approximate surface area is 140 Å². The minimum absolute atomic E-state index is 0.00364. The third-order valence-corrected chi connectivity index (χ3v) is 4.69. The third kappa shape index (κ3) is 3.01. The van der Waals surface area contributed by atoms with Crippen LogP contribution in [0.4, 0.5) is 0 Å². The first-order valence-corrected chi connectivity index (χ1v) is 8.06. The van der Waals surface area contributed by atoms with Crippen molar-refractivity contribution in [3.05, 3.63) is 40.4 Å². The van der Waals surface area contributed by atoms with E-state index in [1.54, 1.807) is 13.2 Å². The zero-order chi connectivity index (χ0) is 16.4. The van der Waals surface area contributed by atoms with E-state index in [9.17, 15) is 4.79 Å². The molecule has 2 heterocycles. The van der Waals surface area contributed by atoms with E-state index in [0.717, 1.165) is 25.2 Å². The molecule has 2 aromatic rings. The molecule has 0 spiro atoms. The van der Waals surface area contributed by atoms with Crippen LogP contribution in [0.3, 0.4) is 0 Å². The minimum atomic E-state index is 0.00364. The molecular formula is C16H20N4O2S. The number of carbonyl (C=O) groups excluding carboxylic acids is 1. The van der Waals surface area contributed by atoms with Gasteiger partial charge in [0.25, 0.3) is 5.91 Å². The van der Waals surface area contributed by atoms with Gasteiger partial charge >= 0.3 is 0 Å². The minimum Gasteiger partial charge on any atom is -0.496 e. The molecule has 23 heavy (non-hydrogen) atoms.